The molecule has 3 fully saturated rings. The Balaban J connectivity index is 1.62. The number of allylic oxidation sites excluding steroid dienone is 1. The van der Waals surface area contributed by atoms with E-state index < -0.39 is 0 Å². The summed E-state index contributed by atoms with van der Waals surface area (Å²) in [7, 11) is 0. The van der Waals surface area contributed by atoms with E-state index in [-0.39, 0.29) is 40.8 Å². The van der Waals surface area contributed by atoms with Crippen LogP contribution in [0.3, 0.4) is 0 Å². The number of hydrogen-bond acceptors (Lipinski definition) is 6. The summed E-state index contributed by atoms with van der Waals surface area (Å²) in [6.45, 7) is 7.97. The fourth-order valence-corrected chi connectivity index (χ4v) is 7.89. The van der Waals surface area contributed by atoms with Gasteiger partial charge in [-0.25, -0.2) is 0 Å². The van der Waals surface area contributed by atoms with E-state index in [4.69, 9.17) is 14.2 Å². The number of ether oxygens (including phenoxy) is 3. The monoisotopic (exact) mass is 446 g/mol. The highest BCUT2D eigenvalue weighted by Crippen LogP contribution is 2.66. The highest BCUT2D eigenvalue weighted by Gasteiger charge is 2.61. The smallest absolute Gasteiger partial charge is 0.309 e. The van der Waals surface area contributed by atoms with Crippen molar-refractivity contribution in [1.82, 2.24) is 0 Å². The number of rotatable bonds is 5. The third-order valence-corrected chi connectivity index (χ3v) is 9.22. The van der Waals surface area contributed by atoms with E-state index in [0.29, 0.717) is 31.0 Å². The Labute approximate surface area is 191 Å². The van der Waals surface area contributed by atoms with E-state index >= 15 is 0 Å². The molecule has 0 aliphatic heterocycles. The molecular weight excluding hydrogens is 408 g/mol. The van der Waals surface area contributed by atoms with Crippen molar-refractivity contribution < 1.29 is 28.6 Å². The molecule has 178 valence electrons. The van der Waals surface area contributed by atoms with Gasteiger partial charge in [0.2, 0.25) is 0 Å². The zero-order chi connectivity index (χ0) is 23.1. The second-order valence-corrected chi connectivity index (χ2v) is 10.7. The number of carbonyl (C=O) groups excluding carboxylic acids is 3. The molecule has 0 bridgehead atoms. The summed E-state index contributed by atoms with van der Waals surface area (Å²) in [5, 5.41) is 0. The van der Waals surface area contributed by atoms with Gasteiger partial charge in [0.15, 0.2) is 0 Å². The highest BCUT2D eigenvalue weighted by molar-refractivity contribution is 5.74. The van der Waals surface area contributed by atoms with E-state index in [9.17, 15) is 14.4 Å². The van der Waals surface area contributed by atoms with Crippen LogP contribution in [-0.4, -0.2) is 37.2 Å². The van der Waals surface area contributed by atoms with Gasteiger partial charge in [-0.3, -0.25) is 14.4 Å². The van der Waals surface area contributed by atoms with Crippen LogP contribution in [-0.2, 0) is 28.6 Å². The normalized spacial score (nSPS) is 40.2. The fraction of sp³-hybridized carbons (Fsp3) is 0.808. The maximum absolute atomic E-state index is 12.7. The first kappa shape index (κ1) is 23.3. The Morgan fingerprint density at radius 2 is 1.78 bits per heavy atom. The van der Waals surface area contributed by atoms with Crippen molar-refractivity contribution in [1.29, 1.82) is 0 Å². The third-order valence-electron chi connectivity index (χ3n) is 9.22. The van der Waals surface area contributed by atoms with Gasteiger partial charge in [-0.15, -0.1) is 0 Å². The summed E-state index contributed by atoms with van der Waals surface area (Å²) >= 11 is 0. The Hall–Kier alpha value is -1.85. The second kappa shape index (κ2) is 8.83. The maximum Gasteiger partial charge on any atom is 0.309 e. The fourth-order valence-electron chi connectivity index (χ4n) is 7.89. The van der Waals surface area contributed by atoms with E-state index in [0.717, 1.165) is 51.4 Å². The van der Waals surface area contributed by atoms with E-state index in [1.165, 1.54) is 19.4 Å². The number of esters is 3. The largest absolute Gasteiger partial charge is 0.466 e. The average molecular weight is 447 g/mol. The molecule has 0 aromatic rings. The molecule has 0 aromatic carbocycles. The van der Waals surface area contributed by atoms with Crippen molar-refractivity contribution >= 4 is 17.9 Å². The van der Waals surface area contributed by atoms with Crippen LogP contribution in [0.15, 0.2) is 11.6 Å². The SMILES string of the molecule is CCOC(=O)C1CCC2C3CC=C4CC(OC(C)=O)CCC4(COC(C)=O)C3CCC12C. The lowest BCUT2D eigenvalue weighted by Gasteiger charge is -2.58. The van der Waals surface area contributed by atoms with Crippen molar-refractivity contribution in [2.75, 3.05) is 13.2 Å². The Morgan fingerprint density at radius 1 is 1.00 bits per heavy atom. The first-order valence-corrected chi connectivity index (χ1v) is 12.4. The second-order valence-electron chi connectivity index (χ2n) is 10.7. The van der Waals surface area contributed by atoms with Crippen LogP contribution >= 0.6 is 0 Å². The summed E-state index contributed by atoms with van der Waals surface area (Å²) in [5.41, 5.74) is 1.12. The summed E-state index contributed by atoms with van der Waals surface area (Å²) in [6, 6.07) is 0. The van der Waals surface area contributed by atoms with Gasteiger partial charge in [-0.1, -0.05) is 18.6 Å². The maximum atomic E-state index is 12.7. The van der Waals surface area contributed by atoms with Gasteiger partial charge in [0.05, 0.1) is 12.5 Å². The van der Waals surface area contributed by atoms with E-state index in [1.54, 1.807) is 0 Å². The lowest BCUT2D eigenvalue weighted by molar-refractivity contribution is -0.160. The molecule has 0 aromatic heterocycles. The molecule has 6 nitrogen and oxygen atoms in total. The van der Waals surface area contributed by atoms with Gasteiger partial charge in [0.1, 0.15) is 12.7 Å². The van der Waals surface area contributed by atoms with Crippen molar-refractivity contribution in [3.05, 3.63) is 11.6 Å². The molecular formula is C26H38O6. The molecule has 0 amide bonds. The standard InChI is InChI=1S/C26H38O6/c1-5-30-24(29)23-9-8-21-20-7-6-18-14-19(32-17(3)28)10-13-26(18,15-31-16(2)27)22(20)11-12-25(21,23)4/h6,19-23H,5,7-15H2,1-4H3. The van der Waals surface area contributed by atoms with E-state index in [1.807, 2.05) is 6.92 Å². The van der Waals surface area contributed by atoms with Crippen molar-refractivity contribution in [2.45, 2.75) is 85.2 Å². The van der Waals surface area contributed by atoms with Gasteiger partial charge in [-0.2, -0.15) is 0 Å². The van der Waals surface area contributed by atoms with Crippen LogP contribution in [0.5, 0.6) is 0 Å². The average Bonchev–Trinajstić information content (AvgIpc) is 3.09. The minimum atomic E-state index is -0.244. The van der Waals surface area contributed by atoms with E-state index in [2.05, 4.69) is 13.0 Å². The van der Waals surface area contributed by atoms with Gasteiger partial charge in [0, 0.05) is 25.7 Å². The number of fused-ring (bicyclic) bond motifs is 5. The Bertz CT molecular complexity index is 802. The molecule has 4 aliphatic carbocycles. The summed E-state index contributed by atoms with van der Waals surface area (Å²) in [4.78, 5) is 36.0. The Morgan fingerprint density at radius 3 is 2.47 bits per heavy atom. The predicted molar refractivity (Wildman–Crippen MR) is 118 cm³/mol. The van der Waals surface area contributed by atoms with Crippen LogP contribution in [0.1, 0.15) is 79.1 Å². The minimum absolute atomic E-state index is 0.0112. The molecule has 4 rings (SSSR count). The Kier molecular flexibility index (Phi) is 6.43. The molecule has 0 spiro atoms. The van der Waals surface area contributed by atoms with Crippen LogP contribution in [0, 0.1) is 34.5 Å². The zero-order valence-electron chi connectivity index (χ0n) is 20.0. The van der Waals surface area contributed by atoms with Crippen LogP contribution in [0.25, 0.3) is 0 Å². The van der Waals surface area contributed by atoms with Gasteiger partial charge < -0.3 is 14.2 Å². The minimum Gasteiger partial charge on any atom is -0.466 e. The molecule has 32 heavy (non-hydrogen) atoms. The highest BCUT2D eigenvalue weighted by atomic mass is 16.5. The van der Waals surface area contributed by atoms with Crippen molar-refractivity contribution in [2.24, 2.45) is 34.5 Å². The van der Waals surface area contributed by atoms with Crippen molar-refractivity contribution in [3.8, 4) is 0 Å². The third kappa shape index (κ3) is 3.88. The molecule has 3 saturated carbocycles. The van der Waals surface area contributed by atoms with Gasteiger partial charge in [0.25, 0.3) is 0 Å². The van der Waals surface area contributed by atoms with Crippen molar-refractivity contribution in [3.63, 3.8) is 0 Å². The van der Waals surface area contributed by atoms with Gasteiger partial charge >= 0.3 is 17.9 Å². The summed E-state index contributed by atoms with van der Waals surface area (Å²) in [6.07, 6.45) is 9.66. The van der Waals surface area contributed by atoms with Crippen LogP contribution in [0.4, 0.5) is 0 Å². The predicted octanol–water partition coefficient (Wildman–Crippen LogP) is 4.60. The lowest BCUT2D eigenvalue weighted by Crippen LogP contribution is -2.54. The molecule has 0 saturated heterocycles. The number of carbonyl (C=O) groups is 3. The topological polar surface area (TPSA) is 78.9 Å². The molecule has 0 N–H and O–H groups in total. The summed E-state index contributed by atoms with van der Waals surface area (Å²) < 4.78 is 16.7. The quantitative estimate of drug-likeness (QED) is 0.349. The molecule has 7 atom stereocenters. The van der Waals surface area contributed by atoms with Crippen LogP contribution < -0.4 is 0 Å². The molecule has 0 radical (unpaired) electrons. The number of hydrogen-bond donors (Lipinski definition) is 0. The molecule has 6 heteroatoms. The first-order valence-electron chi connectivity index (χ1n) is 12.4. The summed E-state index contributed by atoms with van der Waals surface area (Å²) in [5.74, 6) is 0.876. The van der Waals surface area contributed by atoms with Gasteiger partial charge in [-0.05, 0) is 75.0 Å². The zero-order valence-corrected chi connectivity index (χ0v) is 20.0. The molecule has 7 unspecified atom stereocenters. The lowest BCUT2D eigenvalue weighted by atomic mass is 9.47. The van der Waals surface area contributed by atoms with Crippen LogP contribution in [0.2, 0.25) is 0 Å². The molecule has 0 heterocycles. The first-order chi connectivity index (χ1) is 15.2. The molecule has 4 aliphatic rings.